The molecule has 0 unspecified atom stereocenters. The molecule has 0 spiro atoms. The number of benzene rings is 2. The third-order valence-corrected chi connectivity index (χ3v) is 4.77. The Balaban J connectivity index is 1.67. The van der Waals surface area contributed by atoms with Crippen molar-refractivity contribution in [2.24, 2.45) is 0 Å². The molecule has 2 aromatic carbocycles. The molecule has 1 heterocycles. The first-order chi connectivity index (χ1) is 13.4. The van der Waals surface area contributed by atoms with Crippen LogP contribution in [0, 0.1) is 0 Å². The van der Waals surface area contributed by atoms with Crippen LogP contribution in [0.2, 0.25) is 0 Å². The molecule has 3 amide bonds. The Labute approximate surface area is 165 Å². The number of imide groups is 1. The first-order valence-electron chi connectivity index (χ1n) is 9.36. The van der Waals surface area contributed by atoms with E-state index in [1.54, 1.807) is 24.3 Å². The lowest BCUT2D eigenvalue weighted by Gasteiger charge is -2.23. The summed E-state index contributed by atoms with van der Waals surface area (Å²) in [5.41, 5.74) is 2.42. The van der Waals surface area contributed by atoms with Crippen LogP contribution < -0.4 is 5.32 Å². The average molecular weight is 379 g/mol. The minimum atomic E-state index is -0.157. The zero-order valence-electron chi connectivity index (χ0n) is 16.2. The molecule has 3 rings (SSSR count). The van der Waals surface area contributed by atoms with Crippen molar-refractivity contribution in [3.05, 3.63) is 71.3 Å². The van der Waals surface area contributed by atoms with Crippen LogP contribution in [0.3, 0.4) is 0 Å². The molecule has 0 aliphatic carbocycles. The molecule has 0 aromatic heterocycles. The molecule has 1 fully saturated rings. The number of carbonyl (C=O) groups excluding carboxylic acids is 3. The van der Waals surface area contributed by atoms with E-state index in [2.05, 4.69) is 5.32 Å². The number of likely N-dealkylation sites (N-methyl/N-ethyl adjacent to an activating group) is 1. The van der Waals surface area contributed by atoms with E-state index in [0.29, 0.717) is 12.1 Å². The molecule has 6 nitrogen and oxygen atoms in total. The summed E-state index contributed by atoms with van der Waals surface area (Å²) in [6, 6.07) is 16.8. The fourth-order valence-corrected chi connectivity index (χ4v) is 3.27. The average Bonchev–Trinajstić information content (AvgIpc) is 3.00. The van der Waals surface area contributed by atoms with Gasteiger partial charge in [-0.2, -0.15) is 0 Å². The highest BCUT2D eigenvalue weighted by atomic mass is 16.2. The Bertz CT molecular complexity index is 831. The van der Waals surface area contributed by atoms with Gasteiger partial charge in [-0.3, -0.25) is 19.3 Å². The van der Waals surface area contributed by atoms with Crippen LogP contribution in [0.5, 0.6) is 0 Å². The molecule has 2 aromatic rings. The van der Waals surface area contributed by atoms with Gasteiger partial charge in [-0.25, -0.2) is 0 Å². The molecule has 1 atom stereocenters. The van der Waals surface area contributed by atoms with Crippen molar-refractivity contribution in [2.45, 2.75) is 25.4 Å². The Morgan fingerprint density at radius 2 is 1.61 bits per heavy atom. The monoisotopic (exact) mass is 379 g/mol. The van der Waals surface area contributed by atoms with Crippen molar-refractivity contribution in [3.8, 4) is 0 Å². The van der Waals surface area contributed by atoms with Crippen molar-refractivity contribution in [2.75, 3.05) is 20.6 Å². The van der Waals surface area contributed by atoms with Crippen molar-refractivity contribution < 1.29 is 14.4 Å². The number of rotatable bonds is 7. The molecule has 0 saturated carbocycles. The number of likely N-dealkylation sites (tertiary alicyclic amines) is 1. The topological polar surface area (TPSA) is 69.7 Å². The SMILES string of the molecule is CN(C)C[C@H](NC(=O)c1ccc(CN2C(=O)CCC2=O)cc1)c1ccccc1. The summed E-state index contributed by atoms with van der Waals surface area (Å²) in [6.07, 6.45) is 0.568. The second kappa shape index (κ2) is 8.80. The highest BCUT2D eigenvalue weighted by molar-refractivity contribution is 6.01. The van der Waals surface area contributed by atoms with E-state index in [1.807, 2.05) is 49.3 Å². The fourth-order valence-electron chi connectivity index (χ4n) is 3.27. The number of hydrogen-bond acceptors (Lipinski definition) is 4. The third-order valence-electron chi connectivity index (χ3n) is 4.77. The maximum atomic E-state index is 12.7. The first-order valence-corrected chi connectivity index (χ1v) is 9.36. The highest BCUT2D eigenvalue weighted by Crippen LogP contribution is 2.17. The zero-order chi connectivity index (χ0) is 20.1. The number of carbonyl (C=O) groups is 3. The van der Waals surface area contributed by atoms with Gasteiger partial charge in [0.15, 0.2) is 0 Å². The summed E-state index contributed by atoms with van der Waals surface area (Å²) in [6.45, 7) is 0.944. The first kappa shape index (κ1) is 19.8. The van der Waals surface area contributed by atoms with E-state index in [4.69, 9.17) is 0 Å². The van der Waals surface area contributed by atoms with Crippen LogP contribution in [0.1, 0.15) is 40.4 Å². The number of nitrogens with zero attached hydrogens (tertiary/aromatic N) is 2. The van der Waals surface area contributed by atoms with Crippen LogP contribution >= 0.6 is 0 Å². The van der Waals surface area contributed by atoms with Crippen LogP contribution in [-0.4, -0.2) is 48.2 Å². The Kier molecular flexibility index (Phi) is 6.21. The molecule has 6 heteroatoms. The molecule has 0 bridgehead atoms. The quantitative estimate of drug-likeness (QED) is 0.750. The molecule has 0 radical (unpaired) electrons. The number of amides is 3. The van der Waals surface area contributed by atoms with Gasteiger partial charge in [-0.15, -0.1) is 0 Å². The van der Waals surface area contributed by atoms with Gasteiger partial charge < -0.3 is 10.2 Å². The van der Waals surface area contributed by atoms with Crippen LogP contribution in [0.15, 0.2) is 54.6 Å². The van der Waals surface area contributed by atoms with Gasteiger partial charge >= 0.3 is 0 Å². The van der Waals surface area contributed by atoms with Gasteiger partial charge in [0.05, 0.1) is 12.6 Å². The Morgan fingerprint density at radius 1 is 1.00 bits per heavy atom. The van der Waals surface area contributed by atoms with Crippen molar-refractivity contribution >= 4 is 17.7 Å². The van der Waals surface area contributed by atoms with Gasteiger partial charge in [-0.05, 0) is 37.4 Å². The molecule has 1 N–H and O–H groups in total. The predicted octanol–water partition coefficient (Wildman–Crippen LogP) is 2.37. The maximum absolute atomic E-state index is 12.7. The fraction of sp³-hybridized carbons (Fsp3) is 0.318. The second-order valence-corrected chi connectivity index (χ2v) is 7.27. The largest absolute Gasteiger partial charge is 0.344 e. The van der Waals surface area contributed by atoms with Gasteiger partial charge in [0.25, 0.3) is 5.91 Å². The van der Waals surface area contributed by atoms with Gasteiger partial charge in [0, 0.05) is 24.9 Å². The van der Waals surface area contributed by atoms with Gasteiger partial charge in [0.2, 0.25) is 11.8 Å². The molecule has 146 valence electrons. The van der Waals surface area contributed by atoms with Gasteiger partial charge in [-0.1, -0.05) is 42.5 Å². The minimum absolute atomic E-state index is 0.122. The van der Waals surface area contributed by atoms with E-state index in [-0.39, 0.29) is 43.1 Å². The summed E-state index contributed by atoms with van der Waals surface area (Å²) >= 11 is 0. The standard InChI is InChI=1S/C22H25N3O3/c1-24(2)15-19(17-6-4-3-5-7-17)23-22(28)18-10-8-16(9-11-18)14-25-20(26)12-13-21(25)27/h3-11,19H,12-15H2,1-2H3,(H,23,28)/t19-/m0/s1. The van der Waals surface area contributed by atoms with Crippen molar-refractivity contribution in [1.29, 1.82) is 0 Å². The minimum Gasteiger partial charge on any atom is -0.344 e. The highest BCUT2D eigenvalue weighted by Gasteiger charge is 2.28. The van der Waals surface area contributed by atoms with E-state index < -0.39 is 0 Å². The maximum Gasteiger partial charge on any atom is 0.251 e. The molecule has 1 aliphatic rings. The van der Waals surface area contributed by atoms with Crippen LogP contribution in [-0.2, 0) is 16.1 Å². The van der Waals surface area contributed by atoms with Crippen LogP contribution in [0.4, 0.5) is 0 Å². The molecular weight excluding hydrogens is 354 g/mol. The summed E-state index contributed by atoms with van der Waals surface area (Å²) in [5.74, 6) is -0.432. The number of nitrogens with one attached hydrogen (secondary N) is 1. The zero-order valence-corrected chi connectivity index (χ0v) is 16.2. The summed E-state index contributed by atoms with van der Waals surface area (Å²) < 4.78 is 0. The summed E-state index contributed by atoms with van der Waals surface area (Å²) in [5, 5.41) is 3.09. The lowest BCUT2D eigenvalue weighted by molar-refractivity contribution is -0.139. The Morgan fingerprint density at radius 3 is 2.18 bits per heavy atom. The van der Waals surface area contributed by atoms with E-state index in [1.165, 1.54) is 4.90 Å². The normalized spacial score (nSPS) is 15.2. The van der Waals surface area contributed by atoms with E-state index in [9.17, 15) is 14.4 Å². The molecular formula is C22H25N3O3. The van der Waals surface area contributed by atoms with Gasteiger partial charge in [0.1, 0.15) is 0 Å². The van der Waals surface area contributed by atoms with Crippen LogP contribution in [0.25, 0.3) is 0 Å². The van der Waals surface area contributed by atoms with Crippen molar-refractivity contribution in [1.82, 2.24) is 15.1 Å². The molecule has 1 saturated heterocycles. The second-order valence-electron chi connectivity index (χ2n) is 7.27. The third kappa shape index (κ3) is 4.84. The Hall–Kier alpha value is -2.99. The molecule has 28 heavy (non-hydrogen) atoms. The van der Waals surface area contributed by atoms with Crippen molar-refractivity contribution in [3.63, 3.8) is 0 Å². The predicted molar refractivity (Wildman–Crippen MR) is 106 cm³/mol. The summed E-state index contributed by atoms with van der Waals surface area (Å²) in [7, 11) is 3.94. The van der Waals surface area contributed by atoms with E-state index in [0.717, 1.165) is 11.1 Å². The van der Waals surface area contributed by atoms with E-state index >= 15 is 0 Å². The number of hydrogen-bond donors (Lipinski definition) is 1. The smallest absolute Gasteiger partial charge is 0.251 e. The lowest BCUT2D eigenvalue weighted by atomic mass is 10.1. The lowest BCUT2D eigenvalue weighted by Crippen LogP contribution is -2.35. The summed E-state index contributed by atoms with van der Waals surface area (Å²) in [4.78, 5) is 39.5. The molecule has 1 aliphatic heterocycles.